The van der Waals surface area contributed by atoms with E-state index in [1.165, 1.54) is 3.97 Å². The van der Waals surface area contributed by atoms with Gasteiger partial charge in [0.25, 0.3) is 10.0 Å². The molecule has 8 heteroatoms. The summed E-state index contributed by atoms with van der Waals surface area (Å²) >= 11 is 0. The van der Waals surface area contributed by atoms with E-state index in [0.29, 0.717) is 22.2 Å². The third-order valence-electron chi connectivity index (χ3n) is 6.12. The minimum atomic E-state index is -3.94. The number of para-hydroxylation sites is 1. The van der Waals surface area contributed by atoms with E-state index in [9.17, 15) is 18.3 Å². The van der Waals surface area contributed by atoms with Crippen molar-refractivity contribution < 1.29 is 18.3 Å². The second-order valence-corrected chi connectivity index (χ2v) is 10.1. The summed E-state index contributed by atoms with van der Waals surface area (Å²) in [6, 6.07) is 20.4. The van der Waals surface area contributed by atoms with Crippen LogP contribution in [0.4, 0.5) is 0 Å². The maximum Gasteiger partial charge on any atom is 0.303 e. The third kappa shape index (κ3) is 4.13. The van der Waals surface area contributed by atoms with Gasteiger partial charge in [0.1, 0.15) is 4.90 Å². The molecule has 7 nitrogen and oxygen atoms in total. The molecule has 35 heavy (non-hydrogen) atoms. The van der Waals surface area contributed by atoms with E-state index >= 15 is 0 Å². The van der Waals surface area contributed by atoms with Gasteiger partial charge in [-0.05, 0) is 60.9 Å². The molecule has 1 N–H and O–H groups in total. The summed E-state index contributed by atoms with van der Waals surface area (Å²) in [5.74, 6) is -0.937. The standard InChI is InChI=1S/C27H23N3O4S/c1-19-26(13-15-29(19)23-7-3-2-4-8-23)35(33,34)30-18-22(10-12-27(31)32)24-16-20(9-11-25(24)30)21-6-5-14-28-17-21/h2-9,11,13-18H,10,12H2,1H3,(H,31,32). The summed E-state index contributed by atoms with van der Waals surface area (Å²) in [4.78, 5) is 15.6. The van der Waals surface area contributed by atoms with Crippen LogP contribution < -0.4 is 0 Å². The minimum absolute atomic E-state index is 0.0975. The van der Waals surface area contributed by atoms with Crippen LogP contribution >= 0.6 is 0 Å². The van der Waals surface area contributed by atoms with Crippen LogP contribution in [0.15, 0.2) is 96.4 Å². The van der Waals surface area contributed by atoms with Gasteiger partial charge in [-0.2, -0.15) is 0 Å². The third-order valence-corrected chi connectivity index (χ3v) is 7.93. The number of aliphatic carboxylic acids is 1. The Morgan fingerprint density at radius 1 is 1.00 bits per heavy atom. The number of pyridine rings is 1. The fourth-order valence-corrected chi connectivity index (χ4v) is 5.96. The second kappa shape index (κ2) is 8.88. The van der Waals surface area contributed by atoms with Crippen molar-refractivity contribution >= 4 is 26.9 Å². The Labute approximate surface area is 203 Å². The van der Waals surface area contributed by atoms with Crippen LogP contribution in [0.5, 0.6) is 0 Å². The molecule has 0 unspecified atom stereocenters. The summed E-state index contributed by atoms with van der Waals surface area (Å²) < 4.78 is 30.8. The molecule has 5 rings (SSSR count). The highest BCUT2D eigenvalue weighted by Crippen LogP contribution is 2.32. The number of nitrogens with zero attached hydrogens (tertiary/aromatic N) is 3. The lowest BCUT2D eigenvalue weighted by atomic mass is 10.0. The number of carbonyl (C=O) groups is 1. The highest BCUT2D eigenvalue weighted by molar-refractivity contribution is 7.90. The molecule has 5 aromatic rings. The zero-order valence-electron chi connectivity index (χ0n) is 19.0. The first-order chi connectivity index (χ1) is 16.9. The SMILES string of the molecule is Cc1c(S(=O)(=O)n2cc(CCC(=O)O)c3cc(-c4cccnc4)ccc32)ccn1-c1ccccc1. The lowest BCUT2D eigenvalue weighted by molar-refractivity contribution is -0.136. The number of carboxylic acid groups (broad SMARTS) is 1. The summed E-state index contributed by atoms with van der Waals surface area (Å²) in [7, 11) is -3.94. The first-order valence-electron chi connectivity index (χ1n) is 11.1. The minimum Gasteiger partial charge on any atom is -0.481 e. The van der Waals surface area contributed by atoms with Gasteiger partial charge in [0.05, 0.1) is 5.52 Å². The smallest absolute Gasteiger partial charge is 0.303 e. The summed E-state index contributed by atoms with van der Waals surface area (Å²) in [5, 5.41) is 9.94. The van der Waals surface area contributed by atoms with E-state index < -0.39 is 16.0 Å². The van der Waals surface area contributed by atoms with Gasteiger partial charge in [-0.15, -0.1) is 0 Å². The van der Waals surface area contributed by atoms with Crippen molar-refractivity contribution in [2.24, 2.45) is 0 Å². The molecule has 0 aliphatic carbocycles. The van der Waals surface area contributed by atoms with Crippen molar-refractivity contribution in [3.63, 3.8) is 0 Å². The van der Waals surface area contributed by atoms with Crippen LogP contribution in [-0.4, -0.2) is 33.0 Å². The highest BCUT2D eigenvalue weighted by Gasteiger charge is 2.25. The molecule has 0 fully saturated rings. The maximum absolute atomic E-state index is 13.8. The Morgan fingerprint density at radius 3 is 2.51 bits per heavy atom. The lowest BCUT2D eigenvalue weighted by Gasteiger charge is -2.10. The Morgan fingerprint density at radius 2 is 1.80 bits per heavy atom. The Hall–Kier alpha value is -4.17. The van der Waals surface area contributed by atoms with Crippen LogP contribution in [0.3, 0.4) is 0 Å². The molecule has 0 saturated carbocycles. The van der Waals surface area contributed by atoms with Gasteiger partial charge in [0, 0.05) is 53.5 Å². The van der Waals surface area contributed by atoms with E-state index in [-0.39, 0.29) is 17.7 Å². The number of hydrogen-bond acceptors (Lipinski definition) is 4. The Bertz CT molecular complexity index is 1640. The number of rotatable bonds is 7. The number of carboxylic acids is 1. The topological polar surface area (TPSA) is 94.2 Å². The molecular formula is C27H23N3O4S. The van der Waals surface area contributed by atoms with Gasteiger partial charge in [0.2, 0.25) is 0 Å². The van der Waals surface area contributed by atoms with Gasteiger partial charge in [0.15, 0.2) is 0 Å². The quantitative estimate of drug-likeness (QED) is 0.348. The molecule has 0 bridgehead atoms. The first kappa shape index (κ1) is 22.6. The monoisotopic (exact) mass is 485 g/mol. The zero-order chi connectivity index (χ0) is 24.6. The molecule has 0 saturated heterocycles. The van der Waals surface area contributed by atoms with E-state index in [4.69, 9.17) is 0 Å². The van der Waals surface area contributed by atoms with E-state index in [1.807, 2.05) is 59.2 Å². The van der Waals surface area contributed by atoms with Gasteiger partial charge >= 0.3 is 5.97 Å². The average molecular weight is 486 g/mol. The Balaban J connectivity index is 1.66. The number of fused-ring (bicyclic) bond motifs is 1. The van der Waals surface area contributed by atoms with Crippen molar-refractivity contribution in [3.8, 4) is 16.8 Å². The maximum atomic E-state index is 13.8. The van der Waals surface area contributed by atoms with Crippen molar-refractivity contribution in [2.75, 3.05) is 0 Å². The van der Waals surface area contributed by atoms with Crippen LogP contribution in [0, 0.1) is 6.92 Å². The molecule has 0 atom stereocenters. The van der Waals surface area contributed by atoms with Crippen LogP contribution in [0.25, 0.3) is 27.7 Å². The average Bonchev–Trinajstić information content (AvgIpc) is 3.45. The number of aromatic nitrogens is 3. The highest BCUT2D eigenvalue weighted by atomic mass is 32.2. The van der Waals surface area contributed by atoms with Gasteiger partial charge in [-0.1, -0.05) is 30.3 Å². The number of benzene rings is 2. The molecule has 2 aromatic carbocycles. The van der Waals surface area contributed by atoms with Crippen LogP contribution in [0.1, 0.15) is 17.7 Å². The van der Waals surface area contributed by atoms with E-state index in [1.54, 1.807) is 43.8 Å². The molecule has 0 amide bonds. The van der Waals surface area contributed by atoms with Crippen molar-refractivity contribution in [3.05, 3.63) is 103 Å². The van der Waals surface area contributed by atoms with Crippen LogP contribution in [-0.2, 0) is 21.2 Å². The van der Waals surface area contributed by atoms with E-state index in [0.717, 1.165) is 16.8 Å². The summed E-state index contributed by atoms with van der Waals surface area (Å²) in [6.45, 7) is 1.78. The fraction of sp³-hybridized carbons (Fsp3) is 0.111. The zero-order valence-corrected chi connectivity index (χ0v) is 19.8. The van der Waals surface area contributed by atoms with Crippen LogP contribution in [0.2, 0.25) is 0 Å². The summed E-state index contributed by atoms with van der Waals surface area (Å²) in [6.07, 6.45) is 6.84. The molecule has 176 valence electrons. The number of aryl methyl sites for hydroxylation is 1. The van der Waals surface area contributed by atoms with Crippen molar-refractivity contribution in [1.82, 2.24) is 13.5 Å². The first-order valence-corrected chi connectivity index (χ1v) is 12.6. The molecule has 0 radical (unpaired) electrons. The fourth-order valence-electron chi connectivity index (χ4n) is 4.36. The molecular weight excluding hydrogens is 462 g/mol. The summed E-state index contributed by atoms with van der Waals surface area (Å²) in [5.41, 5.74) is 4.40. The molecule has 3 aromatic heterocycles. The van der Waals surface area contributed by atoms with Gasteiger partial charge < -0.3 is 9.67 Å². The Kier molecular flexibility index (Phi) is 5.74. The largest absolute Gasteiger partial charge is 0.481 e. The lowest BCUT2D eigenvalue weighted by Crippen LogP contribution is -2.13. The molecule has 3 heterocycles. The van der Waals surface area contributed by atoms with Crippen molar-refractivity contribution in [1.29, 1.82) is 0 Å². The van der Waals surface area contributed by atoms with E-state index in [2.05, 4.69) is 4.98 Å². The predicted molar refractivity (Wildman–Crippen MR) is 134 cm³/mol. The molecule has 0 spiro atoms. The van der Waals surface area contributed by atoms with Gasteiger partial charge in [-0.25, -0.2) is 12.4 Å². The number of hydrogen-bond donors (Lipinski definition) is 1. The van der Waals surface area contributed by atoms with Crippen molar-refractivity contribution in [2.45, 2.75) is 24.7 Å². The van der Waals surface area contributed by atoms with Gasteiger partial charge in [-0.3, -0.25) is 9.78 Å². The second-order valence-electron chi connectivity index (χ2n) is 8.29. The predicted octanol–water partition coefficient (Wildman–Crippen LogP) is 5.06. The normalized spacial score (nSPS) is 11.7. The molecule has 0 aliphatic heterocycles. The molecule has 0 aliphatic rings.